The van der Waals surface area contributed by atoms with E-state index in [9.17, 15) is 9.18 Å². The van der Waals surface area contributed by atoms with Gasteiger partial charge in [0.05, 0.1) is 16.3 Å². The smallest absolute Gasteiger partial charge is 0.234 e. The molecule has 0 radical (unpaired) electrons. The number of anilines is 1. The minimum absolute atomic E-state index is 0.174. The van der Waals surface area contributed by atoms with Crippen LogP contribution in [0.1, 0.15) is 30.6 Å². The molecule has 1 aromatic heterocycles. The van der Waals surface area contributed by atoms with Crippen LogP contribution in [0.25, 0.3) is 0 Å². The van der Waals surface area contributed by atoms with Crippen LogP contribution in [0.15, 0.2) is 51.8 Å². The Kier molecular flexibility index (Phi) is 4.91. The summed E-state index contributed by atoms with van der Waals surface area (Å²) in [7, 11) is 0. The normalized spacial score (nSPS) is 18.0. The van der Waals surface area contributed by atoms with E-state index in [1.54, 1.807) is 29.5 Å². The van der Waals surface area contributed by atoms with Gasteiger partial charge >= 0.3 is 0 Å². The van der Waals surface area contributed by atoms with E-state index >= 15 is 0 Å². The number of carbonyl (C=O) groups is 1. The summed E-state index contributed by atoms with van der Waals surface area (Å²) in [5.41, 5.74) is 0.764. The van der Waals surface area contributed by atoms with Crippen molar-refractivity contribution in [2.45, 2.75) is 31.3 Å². The van der Waals surface area contributed by atoms with Crippen LogP contribution < -0.4 is 5.32 Å². The summed E-state index contributed by atoms with van der Waals surface area (Å²) < 4.78 is 13.7. The van der Waals surface area contributed by atoms with Gasteiger partial charge in [-0.3, -0.25) is 9.79 Å². The van der Waals surface area contributed by atoms with Gasteiger partial charge in [-0.05, 0) is 49.3 Å². The summed E-state index contributed by atoms with van der Waals surface area (Å²) in [5, 5.41) is 5.45. The SMILES string of the molecule is O=C(CSC1=NC2(CCCC2)N=C1c1cccs1)Nc1ccccc1F. The first-order valence-corrected chi connectivity index (χ1v) is 10.4. The van der Waals surface area contributed by atoms with Crippen molar-refractivity contribution >= 4 is 45.4 Å². The Morgan fingerprint density at radius 3 is 2.73 bits per heavy atom. The number of para-hydroxylation sites is 1. The molecular weight excluding hydrogens is 369 g/mol. The van der Waals surface area contributed by atoms with Crippen molar-refractivity contribution in [3.63, 3.8) is 0 Å². The Morgan fingerprint density at radius 1 is 1.19 bits per heavy atom. The maximum absolute atomic E-state index is 13.7. The zero-order valence-electron chi connectivity index (χ0n) is 14.1. The topological polar surface area (TPSA) is 53.8 Å². The zero-order valence-corrected chi connectivity index (χ0v) is 15.7. The average molecular weight is 388 g/mol. The molecule has 2 heterocycles. The molecule has 0 atom stereocenters. The molecule has 0 bridgehead atoms. The van der Waals surface area contributed by atoms with E-state index in [-0.39, 0.29) is 23.0 Å². The molecule has 134 valence electrons. The highest BCUT2D eigenvalue weighted by Crippen LogP contribution is 2.40. The van der Waals surface area contributed by atoms with E-state index in [0.29, 0.717) is 0 Å². The molecule has 4 rings (SSSR count). The summed E-state index contributed by atoms with van der Waals surface area (Å²) >= 11 is 3.01. The van der Waals surface area contributed by atoms with Crippen LogP contribution in [0.3, 0.4) is 0 Å². The minimum atomic E-state index is -0.435. The van der Waals surface area contributed by atoms with Gasteiger partial charge in [-0.1, -0.05) is 30.0 Å². The minimum Gasteiger partial charge on any atom is -0.323 e. The van der Waals surface area contributed by atoms with Gasteiger partial charge in [0.15, 0.2) is 5.66 Å². The van der Waals surface area contributed by atoms with Crippen molar-refractivity contribution in [1.82, 2.24) is 0 Å². The van der Waals surface area contributed by atoms with Gasteiger partial charge in [0, 0.05) is 0 Å². The third-order valence-corrected chi connectivity index (χ3v) is 6.32. The van der Waals surface area contributed by atoms with Crippen molar-refractivity contribution in [2.75, 3.05) is 11.1 Å². The lowest BCUT2D eigenvalue weighted by atomic mass is 10.1. The number of nitrogens with zero attached hydrogens (tertiary/aromatic N) is 2. The third kappa shape index (κ3) is 3.59. The quantitative estimate of drug-likeness (QED) is 0.824. The second kappa shape index (κ2) is 7.32. The summed E-state index contributed by atoms with van der Waals surface area (Å²) in [6.07, 6.45) is 4.20. The van der Waals surface area contributed by atoms with Gasteiger partial charge in [-0.2, -0.15) is 0 Å². The predicted octanol–water partition coefficient (Wildman–Crippen LogP) is 4.73. The average Bonchev–Trinajstić information content (AvgIpc) is 3.37. The molecule has 1 aromatic carbocycles. The van der Waals surface area contributed by atoms with E-state index in [2.05, 4.69) is 5.32 Å². The molecule has 26 heavy (non-hydrogen) atoms. The van der Waals surface area contributed by atoms with Crippen molar-refractivity contribution in [3.8, 4) is 0 Å². The van der Waals surface area contributed by atoms with Crippen LogP contribution in [0.5, 0.6) is 0 Å². The standard InChI is InChI=1S/C19H18FN3OS2/c20-13-6-1-2-7-14(13)21-16(24)12-26-18-17(15-8-5-11-25-15)22-19(23-18)9-3-4-10-19/h1-2,5-8,11H,3-4,9-10,12H2,(H,21,24). The van der Waals surface area contributed by atoms with Crippen molar-refractivity contribution in [1.29, 1.82) is 0 Å². The van der Waals surface area contributed by atoms with Crippen LogP contribution in [0, 0.1) is 5.82 Å². The van der Waals surface area contributed by atoms with Gasteiger partial charge in [0.2, 0.25) is 5.91 Å². The molecule has 1 aliphatic carbocycles. The Morgan fingerprint density at radius 2 is 2.00 bits per heavy atom. The highest BCUT2D eigenvalue weighted by Gasteiger charge is 2.39. The molecule has 2 aromatic rings. The van der Waals surface area contributed by atoms with Crippen molar-refractivity contribution in [2.24, 2.45) is 9.98 Å². The Bertz CT molecular complexity index is 871. The molecule has 1 saturated carbocycles. The third-order valence-electron chi connectivity index (χ3n) is 4.48. The highest BCUT2D eigenvalue weighted by molar-refractivity contribution is 8.16. The van der Waals surface area contributed by atoms with Gasteiger partial charge in [0.1, 0.15) is 16.6 Å². The first-order valence-electron chi connectivity index (χ1n) is 8.56. The summed E-state index contributed by atoms with van der Waals surface area (Å²) in [6, 6.07) is 10.2. The number of halogens is 1. The van der Waals surface area contributed by atoms with Crippen LogP contribution in [-0.4, -0.2) is 28.1 Å². The van der Waals surface area contributed by atoms with Crippen LogP contribution in [0.4, 0.5) is 10.1 Å². The first-order chi connectivity index (χ1) is 12.7. The second-order valence-electron chi connectivity index (χ2n) is 6.36. The summed E-state index contributed by atoms with van der Waals surface area (Å²) in [4.78, 5) is 23.1. The number of nitrogens with one attached hydrogen (secondary N) is 1. The zero-order chi connectivity index (χ0) is 18.0. The van der Waals surface area contributed by atoms with Gasteiger partial charge < -0.3 is 5.32 Å². The molecule has 0 unspecified atom stereocenters. The monoisotopic (exact) mass is 387 g/mol. The Hall–Kier alpha value is -1.99. The second-order valence-corrected chi connectivity index (χ2v) is 8.27. The number of benzene rings is 1. The molecule has 1 amide bonds. The van der Waals surface area contributed by atoms with E-state index in [1.165, 1.54) is 17.8 Å². The van der Waals surface area contributed by atoms with E-state index in [4.69, 9.17) is 9.98 Å². The van der Waals surface area contributed by atoms with Gasteiger partial charge in [-0.15, -0.1) is 11.3 Å². The van der Waals surface area contributed by atoms with E-state index in [1.807, 2.05) is 17.5 Å². The maximum atomic E-state index is 13.7. The number of hydrogen-bond acceptors (Lipinski definition) is 5. The first kappa shape index (κ1) is 17.4. The van der Waals surface area contributed by atoms with E-state index < -0.39 is 5.82 Å². The number of carbonyl (C=O) groups excluding carboxylic acids is 1. The number of rotatable bonds is 4. The molecule has 1 aliphatic heterocycles. The highest BCUT2D eigenvalue weighted by atomic mass is 32.2. The number of amides is 1. The fourth-order valence-corrected chi connectivity index (χ4v) is 4.89. The van der Waals surface area contributed by atoms with Crippen LogP contribution >= 0.6 is 23.1 Å². The number of aliphatic imine (C=N–C) groups is 2. The largest absolute Gasteiger partial charge is 0.323 e. The number of hydrogen-bond donors (Lipinski definition) is 1. The van der Waals surface area contributed by atoms with Crippen LogP contribution in [-0.2, 0) is 4.79 Å². The fraction of sp³-hybridized carbons (Fsp3) is 0.316. The molecule has 1 spiro atoms. The lowest BCUT2D eigenvalue weighted by Gasteiger charge is -2.14. The number of thiophene rings is 1. The van der Waals surface area contributed by atoms with Gasteiger partial charge in [-0.25, -0.2) is 9.38 Å². The maximum Gasteiger partial charge on any atom is 0.234 e. The molecule has 4 nitrogen and oxygen atoms in total. The lowest BCUT2D eigenvalue weighted by Crippen LogP contribution is -2.18. The number of thioether (sulfide) groups is 1. The van der Waals surface area contributed by atoms with Crippen LogP contribution in [0.2, 0.25) is 0 Å². The van der Waals surface area contributed by atoms with E-state index in [0.717, 1.165) is 41.3 Å². The molecule has 2 aliphatic rings. The lowest BCUT2D eigenvalue weighted by molar-refractivity contribution is -0.113. The van der Waals surface area contributed by atoms with Gasteiger partial charge in [0.25, 0.3) is 0 Å². The summed E-state index contributed by atoms with van der Waals surface area (Å²) in [6.45, 7) is 0. The molecule has 1 fully saturated rings. The molecule has 1 N–H and O–H groups in total. The summed E-state index contributed by atoms with van der Waals surface area (Å²) in [5.74, 6) is -0.510. The molecule has 0 saturated heterocycles. The Balaban J connectivity index is 1.47. The van der Waals surface area contributed by atoms with Crippen molar-refractivity contribution < 1.29 is 9.18 Å². The van der Waals surface area contributed by atoms with Crippen molar-refractivity contribution in [3.05, 3.63) is 52.5 Å². The Labute approximate surface area is 159 Å². The molecular formula is C19H18FN3OS2. The predicted molar refractivity (Wildman–Crippen MR) is 107 cm³/mol. The molecule has 7 heteroatoms. The fourth-order valence-electron chi connectivity index (χ4n) is 3.24.